The van der Waals surface area contributed by atoms with Crippen LogP contribution in [-0.4, -0.2) is 19.6 Å². The summed E-state index contributed by atoms with van der Waals surface area (Å²) in [5, 5.41) is 9.84. The van der Waals surface area contributed by atoms with Crippen LogP contribution in [0.2, 0.25) is 0 Å². The first-order chi connectivity index (χ1) is 35.3. The topological polar surface area (TPSA) is 50.9 Å². The molecule has 0 fully saturated rings. The Morgan fingerprint density at radius 1 is 0.544 bits per heavy atom. The van der Waals surface area contributed by atoms with Crippen molar-refractivity contribution in [3.05, 3.63) is 179 Å². The van der Waals surface area contributed by atoms with Crippen molar-refractivity contribution in [2.75, 3.05) is 0 Å². The van der Waals surface area contributed by atoms with Gasteiger partial charge in [-0.3, -0.25) is 9.55 Å². The number of benzene rings is 6. The molecule has 0 atom stereocenters. The summed E-state index contributed by atoms with van der Waals surface area (Å²) in [6.45, 7) is 29.3. The first-order valence-corrected chi connectivity index (χ1v) is 23.1. The van der Waals surface area contributed by atoms with Gasteiger partial charge in [-0.05, 0) is 97.1 Å². The van der Waals surface area contributed by atoms with Gasteiger partial charge in [0.05, 0.1) is 32.6 Å². The van der Waals surface area contributed by atoms with Gasteiger partial charge in [-0.2, -0.15) is 0 Å². The number of pyridine rings is 1. The van der Waals surface area contributed by atoms with Gasteiger partial charge in [0.25, 0.3) is 0 Å². The van der Waals surface area contributed by atoms with Crippen molar-refractivity contribution in [2.24, 2.45) is 0 Å². The number of aromatic nitrogens is 3. The Hall–Kier alpha value is -5.57. The molecule has 2 aromatic heterocycles. The molecule has 8 rings (SSSR count). The van der Waals surface area contributed by atoms with E-state index in [9.17, 15) is 6.48 Å². The maximum atomic E-state index is 9.84. The van der Waals surface area contributed by atoms with Crippen molar-refractivity contribution in [3.8, 4) is 56.1 Å². The minimum Gasteiger partial charge on any atom is -0.508 e. The molecule has 0 unspecified atom stereocenters. The van der Waals surface area contributed by atoms with E-state index in [1.54, 1.807) is 6.07 Å². The monoisotopic (exact) mass is 1090 g/mol. The van der Waals surface area contributed by atoms with E-state index in [1.807, 2.05) is 63.5 Å². The molecule has 6 aromatic carbocycles. The fraction of sp³-hybridized carbons (Fsp3) is 0.333. The normalized spacial score (nSPS) is 14.6. The predicted octanol–water partition coefficient (Wildman–Crippen LogP) is 17.1. The van der Waals surface area contributed by atoms with E-state index in [0.29, 0.717) is 22.4 Å². The fourth-order valence-electron chi connectivity index (χ4n) is 7.93. The second-order valence-corrected chi connectivity index (χ2v) is 22.7. The van der Waals surface area contributed by atoms with Crippen LogP contribution in [-0.2, 0) is 48.1 Å². The number of phenolic OH excluding ortho intramolecular Hbond substituents is 1. The molecule has 0 aliphatic rings. The molecule has 356 valence electrons. The van der Waals surface area contributed by atoms with E-state index >= 15 is 0 Å². The number of nitrogens with zero attached hydrogens (tertiary/aromatic N) is 3. The molecular weight excluding hydrogens is 1010 g/mol. The van der Waals surface area contributed by atoms with Crippen LogP contribution >= 0.6 is 0 Å². The number of fused-ring (bicyclic) bond motifs is 1. The van der Waals surface area contributed by atoms with Crippen molar-refractivity contribution < 1.29 is 39.9 Å². The van der Waals surface area contributed by atoms with Gasteiger partial charge < -0.3 is 5.11 Å². The van der Waals surface area contributed by atoms with Gasteiger partial charge in [0, 0.05) is 42.6 Å². The van der Waals surface area contributed by atoms with Gasteiger partial charge in [-0.1, -0.05) is 211 Å². The number of phenols is 1. The molecular formula is C63H72N3OPt-. The van der Waals surface area contributed by atoms with Crippen molar-refractivity contribution in [3.63, 3.8) is 0 Å². The van der Waals surface area contributed by atoms with E-state index in [4.69, 9.17) is 17.3 Å². The molecule has 4 nitrogen and oxygen atoms in total. The number of hydrogen-bond acceptors (Lipinski definition) is 3. The average molecular weight is 1090 g/mol. The molecule has 0 amide bonds. The Bertz CT molecular complexity index is 3540. The molecule has 1 N–H and O–H groups in total. The summed E-state index contributed by atoms with van der Waals surface area (Å²) in [6, 6.07) is 30.4. The average Bonchev–Trinajstić information content (AvgIpc) is 3.77. The number of hydrogen-bond donors (Lipinski definition) is 1. The van der Waals surface area contributed by atoms with Crippen molar-refractivity contribution >= 4 is 11.0 Å². The first kappa shape index (κ1) is 39.3. The maximum absolute atomic E-state index is 9.84. The van der Waals surface area contributed by atoms with Gasteiger partial charge >= 0.3 is 0 Å². The molecule has 0 saturated carbocycles. The standard InChI is InChI=1S/C49H50N3.C14H22O.Pt/c1-32-14-16-33(17-15-32)35-24-25-50-43(29-35)37-26-36(27-40(28-37)49(8,9)10)42-12-11-13-44-46(42)51-31-52(44)45-30-39(48(5,6)7)22-23-41(45)34-18-20-38(21-19-34)47(2,3)4;1-13(2,3)10-7-8-12(15)11(9-10)14(4,5)6;/h11-25,27-31H,1-10H3;7-9,15H,1-6H3;/q-1;;/i1D3,14D,15D,16D,17D,24D,25D,29D;;. The molecule has 0 aliphatic carbocycles. The smallest absolute Gasteiger partial charge is 0.119 e. The molecule has 2 heterocycles. The Morgan fingerprint density at radius 2 is 1.13 bits per heavy atom. The van der Waals surface area contributed by atoms with Gasteiger partial charge in [-0.15, -0.1) is 29.3 Å². The van der Waals surface area contributed by atoms with E-state index in [-0.39, 0.29) is 54.0 Å². The quantitative estimate of drug-likeness (QED) is 0.175. The first-order valence-electron chi connectivity index (χ1n) is 28.1. The Kier molecular flexibility index (Phi) is 11.2. The van der Waals surface area contributed by atoms with Crippen molar-refractivity contribution in [1.82, 2.24) is 14.5 Å². The third kappa shape index (κ3) is 11.6. The van der Waals surface area contributed by atoms with Crippen LogP contribution < -0.4 is 0 Å². The fourth-order valence-corrected chi connectivity index (χ4v) is 7.93. The van der Waals surface area contributed by atoms with E-state index in [0.717, 1.165) is 39.0 Å². The van der Waals surface area contributed by atoms with E-state index in [1.165, 1.54) is 16.7 Å². The van der Waals surface area contributed by atoms with E-state index < -0.39 is 65.8 Å². The summed E-state index contributed by atoms with van der Waals surface area (Å²) in [5.74, 6) is 0.399. The SMILES string of the molecule is CC(C)(C)c1ccc(O)c(C(C)(C)C)c1.[2H]c1nc(-c2[c-]c(-c3cccc4c3ncn4-c3cc(C(C)(C)C)ccc3-c3ccc(C(C)(C)C)cc3)cc(C(C)(C)C)c2)c([2H])c(-c2c([2H])c([2H])c(C([2H])([2H])[2H])c([2H])c2[2H])c1[2H].[Pt]. The summed E-state index contributed by atoms with van der Waals surface area (Å²) in [6.07, 6.45) is 1.28. The van der Waals surface area contributed by atoms with Gasteiger partial charge in [0.15, 0.2) is 0 Å². The minimum atomic E-state index is -2.94. The summed E-state index contributed by atoms with van der Waals surface area (Å²) in [4.78, 5) is 9.39. The zero-order chi connectivity index (χ0) is 57.4. The molecule has 0 radical (unpaired) electrons. The van der Waals surface area contributed by atoms with Crippen LogP contribution in [0.3, 0.4) is 0 Å². The largest absolute Gasteiger partial charge is 0.508 e. The van der Waals surface area contributed by atoms with Crippen molar-refractivity contribution in [1.29, 1.82) is 0 Å². The number of rotatable bonds is 5. The zero-order valence-corrected chi connectivity index (χ0v) is 44.6. The Balaban J connectivity index is 0.000000532. The van der Waals surface area contributed by atoms with Gasteiger partial charge in [0.1, 0.15) is 5.75 Å². The second-order valence-electron chi connectivity index (χ2n) is 22.7. The molecule has 0 aliphatic heterocycles. The molecule has 5 heteroatoms. The van der Waals surface area contributed by atoms with Crippen molar-refractivity contribution in [2.45, 2.75) is 138 Å². The number of para-hydroxylation sites is 1. The van der Waals surface area contributed by atoms with Crippen LogP contribution in [0, 0.1) is 12.9 Å². The molecule has 8 aromatic rings. The number of imidazole rings is 1. The molecule has 0 spiro atoms. The zero-order valence-electron chi connectivity index (χ0n) is 52.3. The Labute approximate surface area is 436 Å². The Morgan fingerprint density at radius 3 is 1.74 bits per heavy atom. The summed E-state index contributed by atoms with van der Waals surface area (Å²) < 4.78 is 87.1. The van der Waals surface area contributed by atoms with Crippen LogP contribution in [0.15, 0.2) is 140 Å². The third-order valence-corrected chi connectivity index (χ3v) is 12.2. The van der Waals surface area contributed by atoms with Crippen LogP contribution in [0.1, 0.15) is 151 Å². The maximum Gasteiger partial charge on any atom is 0.119 e. The second kappa shape index (κ2) is 19.4. The van der Waals surface area contributed by atoms with Crippen LogP contribution in [0.25, 0.3) is 61.4 Å². The van der Waals surface area contributed by atoms with Crippen LogP contribution in [0.5, 0.6) is 5.75 Å². The molecule has 0 bridgehead atoms. The third-order valence-electron chi connectivity index (χ3n) is 12.2. The summed E-state index contributed by atoms with van der Waals surface area (Å²) in [7, 11) is 0. The minimum absolute atomic E-state index is 0. The summed E-state index contributed by atoms with van der Waals surface area (Å²) >= 11 is 0. The molecule has 68 heavy (non-hydrogen) atoms. The van der Waals surface area contributed by atoms with Crippen LogP contribution in [0.4, 0.5) is 0 Å². The predicted molar refractivity (Wildman–Crippen MR) is 286 cm³/mol. The summed E-state index contributed by atoms with van der Waals surface area (Å²) in [5.41, 5.74) is 9.93. The number of aromatic hydroxyl groups is 1. The molecule has 0 saturated heterocycles. The van der Waals surface area contributed by atoms with Gasteiger partial charge in [0.2, 0.25) is 0 Å². The van der Waals surface area contributed by atoms with E-state index in [2.05, 4.69) is 147 Å². The van der Waals surface area contributed by atoms with Gasteiger partial charge in [-0.25, -0.2) is 4.98 Å².